The van der Waals surface area contributed by atoms with Crippen LogP contribution in [0.5, 0.6) is 0 Å². The van der Waals surface area contributed by atoms with E-state index < -0.39 is 17.7 Å². The van der Waals surface area contributed by atoms with E-state index in [0.29, 0.717) is 6.42 Å². The molecule has 1 aromatic rings. The number of aliphatic imine (C=N–C) groups is 1. The summed E-state index contributed by atoms with van der Waals surface area (Å²) in [5.74, 6) is -1.10. The normalized spacial score (nSPS) is 11.9. The summed E-state index contributed by atoms with van der Waals surface area (Å²) in [6.07, 6.45) is 1.78. The number of carbonyl (C=O) groups excluding carboxylic acids is 1. The fourth-order valence-electron chi connectivity index (χ4n) is 1.21. The average Bonchev–Trinajstić information content (AvgIpc) is 2.18. The van der Waals surface area contributed by atoms with Gasteiger partial charge in [0.25, 0.3) is 0 Å². The maximum Gasteiger partial charge on any atom is 0.235 e. The van der Waals surface area contributed by atoms with Crippen LogP contribution in [0.25, 0.3) is 0 Å². The van der Waals surface area contributed by atoms with Crippen molar-refractivity contribution in [2.24, 2.45) is 4.99 Å². The van der Waals surface area contributed by atoms with Crippen molar-refractivity contribution in [3.05, 3.63) is 35.4 Å². The molecule has 0 fully saturated rings. The van der Waals surface area contributed by atoms with Crippen molar-refractivity contribution in [3.8, 4) is 0 Å². The second-order valence-electron chi connectivity index (χ2n) is 2.81. The van der Waals surface area contributed by atoms with Crippen molar-refractivity contribution in [2.45, 2.75) is 19.4 Å². The molecular formula is C10H9F2NO. The number of benzene rings is 1. The lowest BCUT2D eigenvalue weighted by atomic mass is 10.0. The molecule has 14 heavy (non-hydrogen) atoms. The smallest absolute Gasteiger partial charge is 0.211 e. The second-order valence-corrected chi connectivity index (χ2v) is 2.81. The molecule has 0 amide bonds. The van der Waals surface area contributed by atoms with Gasteiger partial charge in [0.05, 0.1) is 6.04 Å². The Labute approximate surface area is 80.3 Å². The molecule has 0 unspecified atom stereocenters. The number of isocyanates is 1. The first-order chi connectivity index (χ1) is 6.69. The van der Waals surface area contributed by atoms with Gasteiger partial charge in [-0.05, 0) is 24.6 Å². The quantitative estimate of drug-likeness (QED) is 0.541. The van der Waals surface area contributed by atoms with E-state index in [9.17, 15) is 13.6 Å². The third-order valence-electron chi connectivity index (χ3n) is 1.91. The van der Waals surface area contributed by atoms with Crippen molar-refractivity contribution in [3.63, 3.8) is 0 Å². The van der Waals surface area contributed by atoms with Crippen LogP contribution in [0.4, 0.5) is 8.78 Å². The van der Waals surface area contributed by atoms with Crippen LogP contribution in [0, 0.1) is 11.6 Å². The van der Waals surface area contributed by atoms with E-state index in [0.717, 1.165) is 18.2 Å². The van der Waals surface area contributed by atoms with Crippen LogP contribution in [0.2, 0.25) is 0 Å². The maximum absolute atomic E-state index is 13.2. The van der Waals surface area contributed by atoms with Gasteiger partial charge in [-0.3, -0.25) is 0 Å². The molecule has 0 saturated heterocycles. The summed E-state index contributed by atoms with van der Waals surface area (Å²) < 4.78 is 26.0. The van der Waals surface area contributed by atoms with Gasteiger partial charge >= 0.3 is 0 Å². The molecule has 0 bridgehead atoms. The van der Waals surface area contributed by atoms with Gasteiger partial charge in [0.2, 0.25) is 6.08 Å². The molecule has 74 valence electrons. The molecule has 0 N–H and O–H groups in total. The minimum atomic E-state index is -0.650. The fourth-order valence-corrected chi connectivity index (χ4v) is 1.21. The zero-order valence-electron chi connectivity index (χ0n) is 7.63. The Morgan fingerprint density at radius 3 is 2.79 bits per heavy atom. The zero-order chi connectivity index (χ0) is 10.6. The molecule has 1 atom stereocenters. The number of halogens is 2. The highest BCUT2D eigenvalue weighted by atomic mass is 19.1. The molecule has 4 heteroatoms. The summed E-state index contributed by atoms with van der Waals surface area (Å²) in [5, 5.41) is 0. The van der Waals surface area contributed by atoms with E-state index in [1.165, 1.54) is 6.08 Å². The van der Waals surface area contributed by atoms with Crippen LogP contribution in [-0.4, -0.2) is 6.08 Å². The van der Waals surface area contributed by atoms with Crippen molar-refractivity contribution in [1.29, 1.82) is 0 Å². The highest BCUT2D eigenvalue weighted by Gasteiger charge is 2.13. The van der Waals surface area contributed by atoms with E-state index in [-0.39, 0.29) is 5.56 Å². The van der Waals surface area contributed by atoms with Crippen molar-refractivity contribution < 1.29 is 13.6 Å². The van der Waals surface area contributed by atoms with E-state index in [4.69, 9.17) is 0 Å². The molecule has 0 aromatic heterocycles. The van der Waals surface area contributed by atoms with Crippen LogP contribution >= 0.6 is 0 Å². The lowest BCUT2D eigenvalue weighted by molar-refractivity contribution is 0.540. The summed E-state index contributed by atoms with van der Waals surface area (Å²) in [5.41, 5.74) is 0.0934. The Morgan fingerprint density at radius 2 is 2.21 bits per heavy atom. The molecule has 0 radical (unpaired) electrons. The summed E-state index contributed by atoms with van der Waals surface area (Å²) >= 11 is 0. The number of rotatable bonds is 3. The molecule has 0 aliphatic carbocycles. The molecule has 0 aliphatic heterocycles. The third-order valence-corrected chi connectivity index (χ3v) is 1.91. The predicted octanol–water partition coefficient (Wildman–Crippen LogP) is 2.75. The molecule has 0 aliphatic rings. The number of nitrogens with zero attached hydrogens (tertiary/aromatic N) is 1. The van der Waals surface area contributed by atoms with Crippen LogP contribution in [0.15, 0.2) is 23.2 Å². The first kappa shape index (κ1) is 10.5. The highest BCUT2D eigenvalue weighted by molar-refractivity contribution is 5.35. The Kier molecular flexibility index (Phi) is 3.48. The van der Waals surface area contributed by atoms with Gasteiger partial charge in [0, 0.05) is 5.56 Å². The highest BCUT2D eigenvalue weighted by Crippen LogP contribution is 2.23. The molecule has 1 rings (SSSR count). The van der Waals surface area contributed by atoms with E-state index in [2.05, 4.69) is 4.99 Å². The first-order valence-corrected chi connectivity index (χ1v) is 4.21. The second kappa shape index (κ2) is 4.63. The SMILES string of the molecule is CC[C@H](N=C=O)c1cc(F)ccc1F. The predicted molar refractivity (Wildman–Crippen MR) is 47.5 cm³/mol. The van der Waals surface area contributed by atoms with Crippen molar-refractivity contribution in [1.82, 2.24) is 0 Å². The number of hydrogen-bond acceptors (Lipinski definition) is 2. The molecule has 0 saturated carbocycles. The average molecular weight is 197 g/mol. The largest absolute Gasteiger partial charge is 0.235 e. The lowest BCUT2D eigenvalue weighted by Gasteiger charge is -2.08. The monoisotopic (exact) mass is 197 g/mol. The van der Waals surface area contributed by atoms with E-state index >= 15 is 0 Å². The zero-order valence-corrected chi connectivity index (χ0v) is 7.63. The Hall–Kier alpha value is -1.54. The fraction of sp³-hybridized carbons (Fsp3) is 0.300. The van der Waals surface area contributed by atoms with Crippen molar-refractivity contribution >= 4 is 6.08 Å². The summed E-state index contributed by atoms with van der Waals surface area (Å²) in [7, 11) is 0. The van der Waals surface area contributed by atoms with Gasteiger partial charge in [-0.2, -0.15) is 4.99 Å². The van der Waals surface area contributed by atoms with Crippen LogP contribution < -0.4 is 0 Å². The molecular weight excluding hydrogens is 188 g/mol. The Balaban J connectivity index is 3.14. The molecule has 0 heterocycles. The lowest BCUT2D eigenvalue weighted by Crippen LogP contribution is -1.98. The number of hydrogen-bond donors (Lipinski definition) is 0. The summed E-state index contributed by atoms with van der Waals surface area (Å²) in [4.78, 5) is 13.4. The van der Waals surface area contributed by atoms with Gasteiger partial charge < -0.3 is 0 Å². The summed E-state index contributed by atoms with van der Waals surface area (Å²) in [6, 6.07) is 2.44. The minimum absolute atomic E-state index is 0.0934. The standard InChI is InChI=1S/C10H9F2NO/c1-2-10(13-6-14)8-5-7(11)3-4-9(8)12/h3-5,10H,2H2,1H3/t10-/m0/s1. The van der Waals surface area contributed by atoms with Crippen LogP contribution in [0.3, 0.4) is 0 Å². The maximum atomic E-state index is 13.2. The van der Waals surface area contributed by atoms with Crippen LogP contribution in [-0.2, 0) is 4.79 Å². The molecule has 1 aromatic carbocycles. The third kappa shape index (κ3) is 2.24. The van der Waals surface area contributed by atoms with Gasteiger partial charge in [-0.25, -0.2) is 13.6 Å². The van der Waals surface area contributed by atoms with Crippen LogP contribution in [0.1, 0.15) is 24.9 Å². The van der Waals surface area contributed by atoms with Gasteiger partial charge in [0.15, 0.2) is 0 Å². The summed E-state index contributed by atoms with van der Waals surface area (Å²) in [6.45, 7) is 1.73. The van der Waals surface area contributed by atoms with E-state index in [1.54, 1.807) is 6.92 Å². The van der Waals surface area contributed by atoms with Gasteiger partial charge in [-0.1, -0.05) is 6.92 Å². The van der Waals surface area contributed by atoms with Gasteiger partial charge in [-0.15, -0.1) is 0 Å². The molecule has 0 spiro atoms. The Morgan fingerprint density at radius 1 is 1.50 bits per heavy atom. The topological polar surface area (TPSA) is 29.4 Å². The minimum Gasteiger partial charge on any atom is -0.211 e. The van der Waals surface area contributed by atoms with Crippen molar-refractivity contribution in [2.75, 3.05) is 0 Å². The molecule has 2 nitrogen and oxygen atoms in total. The van der Waals surface area contributed by atoms with Gasteiger partial charge in [0.1, 0.15) is 11.6 Å². The van der Waals surface area contributed by atoms with E-state index in [1.807, 2.05) is 0 Å². The first-order valence-electron chi connectivity index (χ1n) is 4.21. The Bertz CT molecular complexity index is 372.